The third-order valence-electron chi connectivity index (χ3n) is 9.35. The largest absolute Gasteiger partial charge is 0.444 e. The number of amides is 4. The van der Waals surface area contributed by atoms with E-state index < -0.39 is 40.5 Å². The second-order valence-electron chi connectivity index (χ2n) is 17.4. The predicted molar refractivity (Wildman–Crippen MR) is 223 cm³/mol. The van der Waals surface area contributed by atoms with Crippen molar-refractivity contribution in [3.8, 4) is 0 Å². The number of carbonyl (C=O) groups excluding carboxylic acids is 4. The molecular weight excluding hydrogens is 744 g/mol. The van der Waals surface area contributed by atoms with Gasteiger partial charge in [0.2, 0.25) is 0 Å². The van der Waals surface area contributed by atoms with Crippen molar-refractivity contribution in [2.75, 3.05) is 27.4 Å². The molecule has 3 N–H and O–H groups in total. The predicted octanol–water partition coefficient (Wildman–Crippen LogP) is 9.06. The summed E-state index contributed by atoms with van der Waals surface area (Å²) in [4.78, 5) is 60.9. The first kappa shape index (κ1) is 43.1. The van der Waals surface area contributed by atoms with Gasteiger partial charge in [-0.2, -0.15) is 9.61 Å². The number of hydrogen-bond acceptors (Lipinski definition) is 9. The monoisotopic (exact) mass is 798 g/mol. The zero-order valence-corrected chi connectivity index (χ0v) is 35.0. The van der Waals surface area contributed by atoms with Crippen LogP contribution in [-0.4, -0.2) is 72.8 Å². The zero-order valence-electron chi connectivity index (χ0n) is 35.0. The van der Waals surface area contributed by atoms with Gasteiger partial charge in [-0.3, -0.25) is 14.5 Å². The summed E-state index contributed by atoms with van der Waals surface area (Å²) in [6, 6.07) is 14.7. The number of rotatable bonds is 10. The second kappa shape index (κ2) is 16.9. The lowest BCUT2D eigenvalue weighted by molar-refractivity contribution is -0.114. The molecule has 0 aliphatic carbocycles. The van der Waals surface area contributed by atoms with Crippen molar-refractivity contribution in [1.29, 1.82) is 0 Å². The highest BCUT2D eigenvalue weighted by molar-refractivity contribution is 6.06. The zero-order chi connectivity index (χ0) is 42.7. The summed E-state index contributed by atoms with van der Waals surface area (Å²) in [6.07, 6.45) is 2.20. The van der Waals surface area contributed by atoms with E-state index in [1.54, 1.807) is 72.8 Å². The van der Waals surface area contributed by atoms with Crippen molar-refractivity contribution < 1.29 is 33.0 Å². The minimum Gasteiger partial charge on any atom is -0.444 e. The Morgan fingerprint density at radius 2 is 1.62 bits per heavy atom. The number of likely N-dealkylation sites (tertiary alicyclic amines) is 1. The summed E-state index contributed by atoms with van der Waals surface area (Å²) >= 11 is 0. The minimum atomic E-state index is -1.15. The summed E-state index contributed by atoms with van der Waals surface area (Å²) in [5.74, 6) is -1.70. The van der Waals surface area contributed by atoms with Gasteiger partial charge >= 0.3 is 12.2 Å². The molecule has 15 heteroatoms. The first-order valence-electron chi connectivity index (χ1n) is 19.3. The van der Waals surface area contributed by atoms with E-state index in [1.807, 2.05) is 54.5 Å². The Bertz CT molecular complexity index is 2200. The van der Waals surface area contributed by atoms with Crippen LogP contribution in [0.15, 0.2) is 73.2 Å². The van der Waals surface area contributed by atoms with Gasteiger partial charge in [0, 0.05) is 46.7 Å². The Hall–Kier alpha value is -5.99. The average molecular weight is 799 g/mol. The highest BCUT2D eigenvalue weighted by atomic mass is 19.1. The highest BCUT2D eigenvalue weighted by Gasteiger charge is 2.40. The Balaban J connectivity index is 1.48. The van der Waals surface area contributed by atoms with Gasteiger partial charge in [-0.15, -0.1) is 0 Å². The van der Waals surface area contributed by atoms with E-state index in [-0.39, 0.29) is 35.8 Å². The van der Waals surface area contributed by atoms with Crippen LogP contribution in [0.3, 0.4) is 0 Å². The summed E-state index contributed by atoms with van der Waals surface area (Å²) < 4.78 is 26.6. The molecule has 1 aliphatic rings. The van der Waals surface area contributed by atoms with Crippen molar-refractivity contribution in [2.45, 2.75) is 117 Å². The first-order valence-corrected chi connectivity index (χ1v) is 19.3. The molecule has 0 spiro atoms. The van der Waals surface area contributed by atoms with Crippen molar-refractivity contribution in [2.24, 2.45) is 0 Å². The van der Waals surface area contributed by atoms with Gasteiger partial charge in [0.15, 0.2) is 11.5 Å². The molecule has 2 aromatic carbocycles. The van der Waals surface area contributed by atoms with E-state index in [4.69, 9.17) is 14.5 Å². The van der Waals surface area contributed by atoms with Crippen LogP contribution in [0.25, 0.3) is 5.65 Å². The molecule has 0 radical (unpaired) electrons. The molecule has 310 valence electrons. The fourth-order valence-corrected chi connectivity index (χ4v) is 6.45. The molecule has 2 aromatic heterocycles. The molecule has 0 saturated carbocycles. The van der Waals surface area contributed by atoms with Crippen LogP contribution in [0.5, 0.6) is 0 Å². The number of ether oxygens (including phenoxy) is 2. The lowest BCUT2D eigenvalue weighted by Crippen LogP contribution is -2.57. The molecule has 0 bridgehead atoms. The molecular formula is C43H55FN8O6. The Morgan fingerprint density at radius 3 is 2.26 bits per heavy atom. The van der Waals surface area contributed by atoms with Gasteiger partial charge in [0.25, 0.3) is 11.8 Å². The molecule has 1 atom stereocenters. The van der Waals surface area contributed by atoms with E-state index in [1.165, 1.54) is 17.0 Å². The number of piperidine rings is 1. The summed E-state index contributed by atoms with van der Waals surface area (Å²) in [5, 5.41) is 13.5. The number of halogens is 1. The molecule has 4 aromatic rings. The number of carbonyl (C=O) groups is 4. The van der Waals surface area contributed by atoms with Crippen LogP contribution in [0.2, 0.25) is 0 Å². The van der Waals surface area contributed by atoms with Crippen molar-refractivity contribution in [1.82, 2.24) is 19.5 Å². The Kier molecular flexibility index (Phi) is 12.5. The third kappa shape index (κ3) is 10.9. The number of fused-ring (bicyclic) bond motifs is 1. The number of nitrogens with one attached hydrogen (secondary N) is 3. The van der Waals surface area contributed by atoms with E-state index in [9.17, 15) is 23.6 Å². The van der Waals surface area contributed by atoms with Gasteiger partial charge in [-0.1, -0.05) is 38.6 Å². The standard InChI is InChI=1S/C43H55FN8O6/c1-26(2)33-23-45-52-35(22-34(49-36(33)52)46-32-18-19-43(10,11)51(25-32)40(56)58-42(7,8)9)50(39(55)57-41(4,5)6)24-28-14-12-16-30(20-28)48-38(54)29-15-13-17-31(21-29)47-37(53)27(3)44/h12-17,20-23,26,32H,3,18-19,24-25H2,1-2,4-11H3,(H,46,49)(H,47,53)(H,48,54)/t32-/m0/s1. The topological polar surface area (TPSA) is 159 Å². The van der Waals surface area contributed by atoms with Gasteiger partial charge in [-0.25, -0.2) is 19.0 Å². The molecule has 1 saturated heterocycles. The maximum Gasteiger partial charge on any atom is 0.416 e. The quantitative estimate of drug-likeness (QED) is 0.133. The number of benzene rings is 2. The summed E-state index contributed by atoms with van der Waals surface area (Å²) in [6.45, 7) is 22.4. The molecule has 58 heavy (non-hydrogen) atoms. The lowest BCUT2D eigenvalue weighted by Gasteiger charge is -2.45. The van der Waals surface area contributed by atoms with Crippen LogP contribution in [0.4, 0.5) is 37.0 Å². The van der Waals surface area contributed by atoms with Crippen molar-refractivity contribution in [3.63, 3.8) is 0 Å². The van der Waals surface area contributed by atoms with Crippen molar-refractivity contribution >= 4 is 52.7 Å². The fourth-order valence-electron chi connectivity index (χ4n) is 6.45. The van der Waals surface area contributed by atoms with E-state index in [0.717, 1.165) is 18.4 Å². The molecule has 1 fully saturated rings. The molecule has 0 unspecified atom stereocenters. The Morgan fingerprint density at radius 1 is 0.966 bits per heavy atom. The molecule has 14 nitrogen and oxygen atoms in total. The maximum absolute atomic E-state index is 14.2. The van der Waals surface area contributed by atoms with E-state index in [2.05, 4.69) is 27.6 Å². The minimum absolute atomic E-state index is 0.0206. The summed E-state index contributed by atoms with van der Waals surface area (Å²) in [7, 11) is 0. The molecule has 4 amide bonds. The van der Waals surface area contributed by atoms with E-state index >= 15 is 0 Å². The fraction of sp³-hybridized carbons (Fsp3) is 0.442. The van der Waals surface area contributed by atoms with Crippen LogP contribution in [0, 0.1) is 0 Å². The molecule has 3 heterocycles. The van der Waals surface area contributed by atoms with Gasteiger partial charge in [0.05, 0.1) is 12.7 Å². The first-order chi connectivity index (χ1) is 27.0. The number of aromatic nitrogens is 3. The van der Waals surface area contributed by atoms with Gasteiger partial charge < -0.3 is 30.3 Å². The van der Waals surface area contributed by atoms with Crippen LogP contribution < -0.4 is 20.9 Å². The van der Waals surface area contributed by atoms with Crippen molar-refractivity contribution in [3.05, 3.63) is 89.9 Å². The maximum atomic E-state index is 14.2. The average Bonchev–Trinajstić information content (AvgIpc) is 3.54. The second-order valence-corrected chi connectivity index (χ2v) is 17.4. The number of hydrogen-bond donors (Lipinski definition) is 3. The smallest absolute Gasteiger partial charge is 0.416 e. The summed E-state index contributed by atoms with van der Waals surface area (Å²) in [5.41, 5.74) is 1.06. The van der Waals surface area contributed by atoms with Crippen LogP contribution in [-0.2, 0) is 20.8 Å². The normalized spacial score (nSPS) is 15.4. The number of anilines is 4. The number of nitrogens with zero attached hydrogens (tertiary/aromatic N) is 5. The van der Waals surface area contributed by atoms with E-state index in [0.29, 0.717) is 35.1 Å². The molecule has 1 aliphatic heterocycles. The lowest BCUT2D eigenvalue weighted by atomic mass is 9.88. The van der Waals surface area contributed by atoms with Crippen LogP contribution in [0.1, 0.15) is 109 Å². The highest BCUT2D eigenvalue weighted by Crippen LogP contribution is 2.33. The SMILES string of the molecule is C=C(F)C(=O)Nc1cccc(C(=O)Nc2cccc(CN(C(=O)OC(C)(C)C)c3cc(N[C@H]4CCC(C)(C)N(C(=O)OC(C)(C)C)C4)nc4c(C(C)C)cnn34)c2)c1. The Labute approximate surface area is 339 Å². The molecule has 5 rings (SSSR count). The van der Waals surface area contributed by atoms with Gasteiger partial charge in [-0.05, 0) is 110 Å². The van der Waals surface area contributed by atoms with Gasteiger partial charge in [0.1, 0.15) is 22.8 Å². The third-order valence-corrected chi connectivity index (χ3v) is 9.35. The van der Waals surface area contributed by atoms with Crippen LogP contribution >= 0.6 is 0 Å².